The molecule has 5 heteroatoms. The lowest BCUT2D eigenvalue weighted by Crippen LogP contribution is -2.26. The molecule has 0 fully saturated rings. The lowest BCUT2D eigenvalue weighted by molar-refractivity contribution is -0.135. The number of nitrogens with one attached hydrogen (secondary N) is 1. The zero-order chi connectivity index (χ0) is 15.3. The molecule has 1 aliphatic rings. The molecule has 0 heterocycles. The number of hydrogen-bond donors (Lipinski definition) is 1. The number of ether oxygens (including phenoxy) is 1. The number of unbranched alkanes of at least 4 members (excludes halogenated alkanes) is 1. The number of alkyl halides is 3. The SMILES string of the molecule is COc1ccc2c(c1)C(NCCCCC(F)(F)F)CCC2. The fourth-order valence-corrected chi connectivity index (χ4v) is 2.84. The van der Waals surface area contributed by atoms with Crippen LogP contribution in [0.4, 0.5) is 13.2 Å². The molecule has 1 atom stereocenters. The Balaban J connectivity index is 1.85. The Hall–Kier alpha value is -1.23. The maximum atomic E-state index is 12.1. The summed E-state index contributed by atoms with van der Waals surface area (Å²) in [5.74, 6) is 0.833. The highest BCUT2D eigenvalue weighted by Gasteiger charge is 2.26. The Labute approximate surface area is 123 Å². The van der Waals surface area contributed by atoms with Crippen LogP contribution in [0, 0.1) is 0 Å². The van der Waals surface area contributed by atoms with E-state index in [-0.39, 0.29) is 12.5 Å². The van der Waals surface area contributed by atoms with Gasteiger partial charge in [-0.3, -0.25) is 0 Å². The Morgan fingerprint density at radius 1 is 1.29 bits per heavy atom. The van der Waals surface area contributed by atoms with Crippen molar-refractivity contribution in [2.24, 2.45) is 0 Å². The van der Waals surface area contributed by atoms with Crippen LogP contribution in [0.25, 0.3) is 0 Å². The van der Waals surface area contributed by atoms with Crippen LogP contribution in [0.2, 0.25) is 0 Å². The quantitative estimate of drug-likeness (QED) is 0.787. The predicted molar refractivity (Wildman–Crippen MR) is 76.6 cm³/mol. The van der Waals surface area contributed by atoms with Crippen LogP contribution in [0.1, 0.15) is 49.3 Å². The van der Waals surface area contributed by atoms with Crippen molar-refractivity contribution in [2.75, 3.05) is 13.7 Å². The van der Waals surface area contributed by atoms with Crippen LogP contribution in [0.15, 0.2) is 18.2 Å². The van der Waals surface area contributed by atoms with Crippen molar-refractivity contribution >= 4 is 0 Å². The summed E-state index contributed by atoms with van der Waals surface area (Å²) in [6.45, 7) is 0.622. The van der Waals surface area contributed by atoms with Crippen LogP contribution < -0.4 is 10.1 Å². The van der Waals surface area contributed by atoms with Gasteiger partial charge >= 0.3 is 6.18 Å². The molecule has 0 aliphatic heterocycles. The first kappa shape index (κ1) is 16.1. The monoisotopic (exact) mass is 301 g/mol. The second-order valence-corrected chi connectivity index (χ2v) is 5.54. The summed E-state index contributed by atoms with van der Waals surface area (Å²) in [5, 5.41) is 3.39. The number of methoxy groups -OCH3 is 1. The maximum Gasteiger partial charge on any atom is 0.389 e. The Morgan fingerprint density at radius 3 is 2.81 bits per heavy atom. The molecule has 1 N–H and O–H groups in total. The molecular formula is C16H22F3NO. The largest absolute Gasteiger partial charge is 0.497 e. The molecule has 2 rings (SSSR count). The van der Waals surface area contributed by atoms with E-state index in [1.807, 2.05) is 12.1 Å². The van der Waals surface area contributed by atoms with Gasteiger partial charge in [0.1, 0.15) is 5.75 Å². The van der Waals surface area contributed by atoms with Crippen LogP contribution in [0.3, 0.4) is 0 Å². The Morgan fingerprint density at radius 2 is 2.10 bits per heavy atom. The van der Waals surface area contributed by atoms with Crippen molar-refractivity contribution in [2.45, 2.75) is 50.7 Å². The molecule has 0 aromatic heterocycles. The van der Waals surface area contributed by atoms with Gasteiger partial charge in [0, 0.05) is 12.5 Å². The predicted octanol–water partition coefficient (Wildman–Crippen LogP) is 4.39. The van der Waals surface area contributed by atoms with Crippen molar-refractivity contribution < 1.29 is 17.9 Å². The van der Waals surface area contributed by atoms with Crippen LogP contribution in [-0.4, -0.2) is 19.8 Å². The van der Waals surface area contributed by atoms with Gasteiger partial charge in [-0.05, 0) is 61.9 Å². The summed E-state index contributed by atoms with van der Waals surface area (Å²) < 4.78 is 41.5. The number of fused-ring (bicyclic) bond motifs is 1. The third kappa shape index (κ3) is 4.92. The van der Waals surface area contributed by atoms with Gasteiger partial charge in [0.15, 0.2) is 0 Å². The minimum atomic E-state index is -4.04. The van der Waals surface area contributed by atoms with E-state index in [0.29, 0.717) is 13.0 Å². The van der Waals surface area contributed by atoms with E-state index in [4.69, 9.17) is 4.74 Å². The van der Waals surface area contributed by atoms with E-state index >= 15 is 0 Å². The van der Waals surface area contributed by atoms with Crippen LogP contribution in [0.5, 0.6) is 5.75 Å². The zero-order valence-electron chi connectivity index (χ0n) is 12.3. The zero-order valence-corrected chi connectivity index (χ0v) is 12.3. The second kappa shape index (κ2) is 7.16. The first-order chi connectivity index (χ1) is 9.99. The standard InChI is InChI=1S/C16H22F3NO/c1-21-13-8-7-12-5-4-6-15(14(12)11-13)20-10-3-2-9-16(17,18)19/h7-8,11,15,20H,2-6,9-10H2,1H3. The molecule has 0 radical (unpaired) electrons. The summed E-state index contributed by atoms with van der Waals surface area (Å²) in [4.78, 5) is 0. The molecule has 1 unspecified atom stereocenters. The van der Waals surface area contributed by atoms with Gasteiger partial charge in [-0.1, -0.05) is 6.07 Å². The molecule has 0 saturated carbocycles. The molecule has 1 aromatic carbocycles. The van der Waals surface area contributed by atoms with Crippen LogP contribution >= 0.6 is 0 Å². The summed E-state index contributed by atoms with van der Waals surface area (Å²) in [6, 6.07) is 6.33. The molecule has 0 amide bonds. The Kier molecular flexibility index (Phi) is 5.51. The lowest BCUT2D eigenvalue weighted by Gasteiger charge is -2.27. The topological polar surface area (TPSA) is 21.3 Å². The van der Waals surface area contributed by atoms with E-state index < -0.39 is 12.6 Å². The maximum absolute atomic E-state index is 12.1. The molecule has 1 aliphatic carbocycles. The van der Waals surface area contributed by atoms with E-state index in [1.54, 1.807) is 7.11 Å². The minimum absolute atomic E-state index is 0.189. The first-order valence-corrected chi connectivity index (χ1v) is 7.46. The van der Waals surface area contributed by atoms with Crippen molar-refractivity contribution in [3.63, 3.8) is 0 Å². The molecule has 2 nitrogen and oxygen atoms in total. The van der Waals surface area contributed by atoms with Gasteiger partial charge in [-0.2, -0.15) is 13.2 Å². The van der Waals surface area contributed by atoms with E-state index in [2.05, 4.69) is 11.4 Å². The van der Waals surface area contributed by atoms with E-state index in [0.717, 1.165) is 25.0 Å². The van der Waals surface area contributed by atoms with Gasteiger partial charge in [0.05, 0.1) is 7.11 Å². The van der Waals surface area contributed by atoms with Gasteiger partial charge < -0.3 is 10.1 Å². The number of aryl methyl sites for hydroxylation is 1. The average molecular weight is 301 g/mol. The van der Waals surface area contributed by atoms with Crippen molar-refractivity contribution in [1.82, 2.24) is 5.32 Å². The average Bonchev–Trinajstić information content (AvgIpc) is 2.45. The molecule has 1 aromatic rings. The Bertz CT molecular complexity index is 459. The van der Waals surface area contributed by atoms with Gasteiger partial charge in [0.2, 0.25) is 0 Å². The van der Waals surface area contributed by atoms with Crippen LogP contribution in [-0.2, 0) is 6.42 Å². The third-order valence-corrected chi connectivity index (χ3v) is 3.95. The number of halogens is 3. The number of rotatable bonds is 6. The minimum Gasteiger partial charge on any atom is -0.497 e. The van der Waals surface area contributed by atoms with Gasteiger partial charge in [0.25, 0.3) is 0 Å². The smallest absolute Gasteiger partial charge is 0.389 e. The molecule has 118 valence electrons. The number of benzene rings is 1. The van der Waals surface area contributed by atoms with E-state index in [9.17, 15) is 13.2 Å². The normalized spacial score (nSPS) is 18.4. The van der Waals surface area contributed by atoms with Gasteiger partial charge in [-0.25, -0.2) is 0 Å². The van der Waals surface area contributed by atoms with Crippen molar-refractivity contribution in [3.8, 4) is 5.75 Å². The molecule has 0 spiro atoms. The summed E-state index contributed by atoms with van der Waals surface area (Å²) in [5.41, 5.74) is 2.55. The van der Waals surface area contributed by atoms with E-state index in [1.165, 1.54) is 11.1 Å². The lowest BCUT2D eigenvalue weighted by atomic mass is 9.87. The molecule has 21 heavy (non-hydrogen) atoms. The highest BCUT2D eigenvalue weighted by Crippen LogP contribution is 2.32. The number of hydrogen-bond acceptors (Lipinski definition) is 2. The highest BCUT2D eigenvalue weighted by atomic mass is 19.4. The summed E-state index contributed by atoms with van der Waals surface area (Å²) in [7, 11) is 1.64. The van der Waals surface area contributed by atoms with Crippen molar-refractivity contribution in [3.05, 3.63) is 29.3 Å². The van der Waals surface area contributed by atoms with Crippen molar-refractivity contribution in [1.29, 1.82) is 0 Å². The molecular weight excluding hydrogens is 279 g/mol. The van der Waals surface area contributed by atoms with Gasteiger partial charge in [-0.15, -0.1) is 0 Å². The molecule has 0 bridgehead atoms. The summed E-state index contributed by atoms with van der Waals surface area (Å²) >= 11 is 0. The molecule has 0 saturated heterocycles. The summed E-state index contributed by atoms with van der Waals surface area (Å²) in [6.07, 6.45) is -0.789. The first-order valence-electron chi connectivity index (χ1n) is 7.46. The highest BCUT2D eigenvalue weighted by molar-refractivity contribution is 5.39. The third-order valence-electron chi connectivity index (χ3n) is 3.95. The fraction of sp³-hybridized carbons (Fsp3) is 0.625. The fourth-order valence-electron chi connectivity index (χ4n) is 2.84. The second-order valence-electron chi connectivity index (χ2n) is 5.54.